The molecule has 0 spiro atoms. The predicted octanol–water partition coefficient (Wildman–Crippen LogP) is 4.63. The van der Waals surface area contributed by atoms with Crippen LogP contribution in [0.5, 0.6) is 0 Å². The van der Waals surface area contributed by atoms with Crippen LogP contribution in [0.1, 0.15) is 43.2 Å². The number of anilines is 1. The third-order valence-corrected chi connectivity index (χ3v) is 5.77. The van der Waals surface area contributed by atoms with E-state index in [1.54, 1.807) is 18.3 Å². The Labute approximate surface area is 160 Å². The minimum Gasteiger partial charge on any atom is -0.321 e. The molecule has 1 aliphatic rings. The van der Waals surface area contributed by atoms with Crippen molar-refractivity contribution in [3.05, 3.63) is 62.2 Å². The van der Waals surface area contributed by atoms with Crippen molar-refractivity contribution in [2.75, 3.05) is 5.32 Å². The van der Waals surface area contributed by atoms with E-state index in [9.17, 15) is 14.0 Å². The second-order valence-corrected chi connectivity index (χ2v) is 7.72. The number of carbonyl (C=O) groups is 1. The molecule has 1 fully saturated rings. The number of benzene rings is 1. The van der Waals surface area contributed by atoms with Gasteiger partial charge >= 0.3 is 0 Å². The second-order valence-electron chi connectivity index (χ2n) is 6.86. The minimum absolute atomic E-state index is 0.0212. The van der Waals surface area contributed by atoms with Gasteiger partial charge in [0.25, 0.3) is 5.56 Å². The highest BCUT2D eigenvalue weighted by Crippen LogP contribution is 2.26. The molecule has 1 saturated carbocycles. The molecule has 0 radical (unpaired) electrons. The lowest BCUT2D eigenvalue weighted by Gasteiger charge is -2.21. The Morgan fingerprint density at radius 3 is 2.54 bits per heavy atom. The van der Waals surface area contributed by atoms with E-state index in [0.29, 0.717) is 12.2 Å². The van der Waals surface area contributed by atoms with E-state index >= 15 is 0 Å². The lowest BCUT2D eigenvalue weighted by Crippen LogP contribution is -2.31. The number of aromatic nitrogens is 1. The first-order chi connectivity index (χ1) is 12.5. The topological polar surface area (TPSA) is 51.1 Å². The summed E-state index contributed by atoms with van der Waals surface area (Å²) in [6.07, 6.45) is 6.75. The average Bonchev–Trinajstić information content (AvgIpc) is 2.65. The van der Waals surface area contributed by atoms with Crippen molar-refractivity contribution >= 4 is 27.5 Å². The molecule has 6 heteroatoms. The highest BCUT2D eigenvalue weighted by molar-refractivity contribution is 9.10. The number of hydrogen-bond donors (Lipinski definition) is 1. The van der Waals surface area contributed by atoms with Crippen molar-refractivity contribution in [2.24, 2.45) is 5.92 Å². The molecular formula is C20H22BrFN2O2. The van der Waals surface area contributed by atoms with Crippen LogP contribution in [0.4, 0.5) is 10.1 Å². The van der Waals surface area contributed by atoms with Crippen molar-refractivity contribution in [2.45, 2.75) is 45.6 Å². The predicted molar refractivity (Wildman–Crippen MR) is 104 cm³/mol. The first-order valence-corrected chi connectivity index (χ1v) is 9.70. The van der Waals surface area contributed by atoms with Crippen LogP contribution in [0.15, 0.2) is 39.7 Å². The van der Waals surface area contributed by atoms with Crippen molar-refractivity contribution in [1.29, 1.82) is 0 Å². The fourth-order valence-corrected chi connectivity index (χ4v) is 3.80. The molecule has 26 heavy (non-hydrogen) atoms. The molecule has 1 aromatic carbocycles. The maximum Gasteiger partial charge on any atom is 0.274 e. The Morgan fingerprint density at radius 1 is 1.23 bits per heavy atom. The highest BCUT2D eigenvalue weighted by Gasteiger charge is 2.23. The van der Waals surface area contributed by atoms with Crippen molar-refractivity contribution in [3.63, 3.8) is 0 Å². The molecule has 0 saturated heterocycles. The van der Waals surface area contributed by atoms with Crippen molar-refractivity contribution in [3.8, 4) is 0 Å². The van der Waals surface area contributed by atoms with E-state index in [1.807, 2.05) is 6.92 Å². The molecule has 3 rings (SSSR count). The molecule has 0 atom stereocenters. The fraction of sp³-hybridized carbons (Fsp3) is 0.400. The summed E-state index contributed by atoms with van der Waals surface area (Å²) in [5.74, 6) is -0.407. The van der Waals surface area contributed by atoms with Gasteiger partial charge < -0.3 is 9.88 Å². The first-order valence-electron chi connectivity index (χ1n) is 8.90. The van der Waals surface area contributed by atoms with Crippen LogP contribution in [0, 0.1) is 18.7 Å². The zero-order valence-corrected chi connectivity index (χ0v) is 16.3. The zero-order chi connectivity index (χ0) is 18.7. The third kappa shape index (κ3) is 4.23. The number of nitrogens with zero attached hydrogens (tertiary/aromatic N) is 1. The Balaban J connectivity index is 1.87. The summed E-state index contributed by atoms with van der Waals surface area (Å²) in [7, 11) is 0. The number of nitrogens with one attached hydrogen (secondary N) is 1. The number of carbonyl (C=O) groups excluding carboxylic acids is 1. The highest BCUT2D eigenvalue weighted by atomic mass is 79.9. The number of rotatable bonds is 4. The molecule has 0 unspecified atom stereocenters. The minimum atomic E-state index is -0.313. The SMILES string of the molecule is Cc1c(Br)cn(Cc2ccc(F)cc2)c(=O)c1NC(=O)C1CCCCC1. The summed E-state index contributed by atoms with van der Waals surface area (Å²) in [6.45, 7) is 2.12. The Bertz CT molecular complexity index is 855. The average molecular weight is 421 g/mol. The summed E-state index contributed by atoms with van der Waals surface area (Å²) < 4.78 is 15.4. The number of pyridine rings is 1. The van der Waals surface area contributed by atoms with E-state index in [-0.39, 0.29) is 23.2 Å². The van der Waals surface area contributed by atoms with Crippen LogP contribution in [0.25, 0.3) is 0 Å². The van der Waals surface area contributed by atoms with Gasteiger partial charge in [0, 0.05) is 16.6 Å². The molecule has 1 amide bonds. The number of hydrogen-bond acceptors (Lipinski definition) is 2. The zero-order valence-electron chi connectivity index (χ0n) is 14.7. The van der Waals surface area contributed by atoms with Gasteiger partial charge in [0.15, 0.2) is 0 Å². The molecule has 1 aromatic heterocycles. The van der Waals surface area contributed by atoms with Crippen LogP contribution < -0.4 is 10.9 Å². The Kier molecular flexibility index (Phi) is 5.91. The summed E-state index contributed by atoms with van der Waals surface area (Å²) in [6, 6.07) is 6.04. The maximum atomic E-state index is 13.1. The molecule has 1 N–H and O–H groups in total. The van der Waals surface area contributed by atoms with Crippen LogP contribution in [-0.2, 0) is 11.3 Å². The Hall–Kier alpha value is -1.95. The van der Waals surface area contributed by atoms with Crippen LogP contribution in [-0.4, -0.2) is 10.5 Å². The van der Waals surface area contributed by atoms with Gasteiger partial charge in [0.2, 0.25) is 5.91 Å². The van der Waals surface area contributed by atoms with E-state index < -0.39 is 0 Å². The lowest BCUT2D eigenvalue weighted by atomic mass is 9.88. The van der Waals surface area contributed by atoms with Gasteiger partial charge in [0.05, 0.1) is 6.54 Å². The third-order valence-electron chi connectivity index (χ3n) is 4.97. The summed E-state index contributed by atoms with van der Waals surface area (Å²) in [5.41, 5.74) is 1.60. The van der Waals surface area contributed by atoms with E-state index in [4.69, 9.17) is 0 Å². The number of halogens is 2. The number of amides is 1. The molecule has 4 nitrogen and oxygen atoms in total. The molecular weight excluding hydrogens is 399 g/mol. The fourth-order valence-electron chi connectivity index (χ4n) is 3.36. The van der Waals surface area contributed by atoms with E-state index in [1.165, 1.54) is 23.1 Å². The van der Waals surface area contributed by atoms with Gasteiger partial charge in [-0.2, -0.15) is 0 Å². The van der Waals surface area contributed by atoms with Gasteiger partial charge in [-0.15, -0.1) is 0 Å². The van der Waals surface area contributed by atoms with Crippen LogP contribution in [0.2, 0.25) is 0 Å². The molecule has 1 aliphatic carbocycles. The second kappa shape index (κ2) is 8.16. The van der Waals surface area contributed by atoms with Crippen LogP contribution in [0.3, 0.4) is 0 Å². The van der Waals surface area contributed by atoms with Gasteiger partial charge in [-0.1, -0.05) is 31.4 Å². The smallest absolute Gasteiger partial charge is 0.274 e. The monoisotopic (exact) mass is 420 g/mol. The van der Waals surface area contributed by atoms with Gasteiger partial charge in [-0.3, -0.25) is 9.59 Å². The molecule has 1 heterocycles. The van der Waals surface area contributed by atoms with Gasteiger partial charge in [-0.05, 0) is 59.0 Å². The van der Waals surface area contributed by atoms with Gasteiger partial charge in [0.1, 0.15) is 11.5 Å². The Morgan fingerprint density at radius 2 is 1.88 bits per heavy atom. The van der Waals surface area contributed by atoms with Crippen molar-refractivity contribution < 1.29 is 9.18 Å². The summed E-state index contributed by atoms with van der Waals surface area (Å²) in [4.78, 5) is 25.5. The van der Waals surface area contributed by atoms with Crippen molar-refractivity contribution in [1.82, 2.24) is 4.57 Å². The maximum absolute atomic E-state index is 13.1. The van der Waals surface area contributed by atoms with E-state index in [2.05, 4.69) is 21.2 Å². The van der Waals surface area contributed by atoms with E-state index in [0.717, 1.165) is 41.3 Å². The van der Waals surface area contributed by atoms with Gasteiger partial charge in [-0.25, -0.2) is 4.39 Å². The molecule has 0 bridgehead atoms. The summed E-state index contributed by atoms with van der Waals surface area (Å²) >= 11 is 3.47. The van der Waals surface area contributed by atoms with Crippen LogP contribution >= 0.6 is 15.9 Å². The largest absolute Gasteiger partial charge is 0.321 e. The first kappa shape index (κ1) is 18.8. The normalized spacial score (nSPS) is 15.0. The molecule has 2 aromatic rings. The molecule has 138 valence electrons. The standard InChI is InChI=1S/C20H22BrFN2O2/c1-13-17(21)12-24(11-14-7-9-16(22)10-8-14)20(26)18(13)23-19(25)15-5-3-2-4-6-15/h7-10,12,15H,2-6,11H2,1H3,(H,23,25). The quantitative estimate of drug-likeness (QED) is 0.783. The summed E-state index contributed by atoms with van der Waals surface area (Å²) in [5, 5.41) is 2.86. The molecule has 0 aliphatic heterocycles. The lowest BCUT2D eigenvalue weighted by molar-refractivity contribution is -0.120.